The number of aliphatic hydroxyl groups is 3. The zero-order chi connectivity index (χ0) is 10.0. The van der Waals surface area contributed by atoms with Gasteiger partial charge in [0, 0.05) is 7.11 Å². The molecule has 14 heavy (non-hydrogen) atoms. The maximum Gasteiger partial charge on any atom is 1.00 e. The molecule has 0 bridgehead atoms. The van der Waals surface area contributed by atoms with Crippen LogP contribution >= 0.6 is 0 Å². The van der Waals surface area contributed by atoms with E-state index in [4.69, 9.17) is 9.47 Å². The molecular formula is C8H15NaO5. The van der Waals surface area contributed by atoms with E-state index in [9.17, 15) is 15.3 Å². The van der Waals surface area contributed by atoms with Gasteiger partial charge in [0.1, 0.15) is 18.3 Å². The van der Waals surface area contributed by atoms with Crippen molar-refractivity contribution in [2.24, 2.45) is 0 Å². The van der Waals surface area contributed by atoms with Crippen LogP contribution in [0.5, 0.6) is 0 Å². The Kier molecular flexibility index (Phi) is 6.76. The van der Waals surface area contributed by atoms with Gasteiger partial charge in [-0.15, -0.1) is 0 Å². The molecule has 0 radical (unpaired) electrons. The number of hydrogen-bond donors (Lipinski definition) is 3. The third-order valence-electron chi connectivity index (χ3n) is 2.19. The molecule has 6 heteroatoms. The molecule has 1 saturated heterocycles. The third kappa shape index (κ3) is 2.90. The summed E-state index contributed by atoms with van der Waals surface area (Å²) < 4.78 is 9.92. The molecule has 0 amide bonds. The van der Waals surface area contributed by atoms with Gasteiger partial charge in [-0.2, -0.15) is 6.42 Å². The van der Waals surface area contributed by atoms with Crippen LogP contribution in [0.1, 0.15) is 6.42 Å². The summed E-state index contributed by atoms with van der Waals surface area (Å²) in [6.45, 7) is 3.55. The van der Waals surface area contributed by atoms with Crippen molar-refractivity contribution in [2.75, 3.05) is 7.11 Å². The summed E-state index contributed by atoms with van der Waals surface area (Å²) in [7, 11) is 1.36. The molecule has 0 aromatic rings. The summed E-state index contributed by atoms with van der Waals surface area (Å²) in [5.41, 5.74) is 0. The second-order valence-electron chi connectivity index (χ2n) is 3.04. The Morgan fingerprint density at radius 1 is 1.21 bits per heavy atom. The van der Waals surface area contributed by atoms with Crippen molar-refractivity contribution in [3.8, 4) is 0 Å². The predicted molar refractivity (Wildman–Crippen MR) is 43.7 cm³/mol. The largest absolute Gasteiger partial charge is 1.00 e. The number of hydrogen-bond acceptors (Lipinski definition) is 5. The van der Waals surface area contributed by atoms with Gasteiger partial charge in [-0.25, -0.2) is 0 Å². The summed E-state index contributed by atoms with van der Waals surface area (Å²) in [6, 6.07) is 0. The Hall–Kier alpha value is 0.800. The summed E-state index contributed by atoms with van der Waals surface area (Å²) >= 11 is 0. The molecule has 1 rings (SSSR count). The van der Waals surface area contributed by atoms with E-state index in [0.717, 1.165) is 0 Å². The second kappa shape index (κ2) is 6.40. The van der Waals surface area contributed by atoms with Crippen molar-refractivity contribution < 1.29 is 54.4 Å². The normalized spacial score (nSPS) is 43.1. The van der Waals surface area contributed by atoms with E-state index in [1.165, 1.54) is 7.11 Å². The number of aliphatic hydroxyl groups excluding tert-OH is 3. The SMILES string of the molecule is [CH2-]CC1O[C@@H](OC)C(O)[C@@H](O)[C@H]1O.[Na+]. The van der Waals surface area contributed by atoms with Crippen LogP contribution in [0.3, 0.4) is 0 Å². The van der Waals surface area contributed by atoms with Crippen molar-refractivity contribution in [3.05, 3.63) is 6.92 Å². The van der Waals surface area contributed by atoms with Gasteiger partial charge in [-0.1, -0.05) is 0 Å². The number of methoxy groups -OCH3 is 1. The fraction of sp³-hybridized carbons (Fsp3) is 0.875. The summed E-state index contributed by atoms with van der Waals surface area (Å²) in [4.78, 5) is 0. The molecular weight excluding hydrogens is 199 g/mol. The molecule has 5 nitrogen and oxygen atoms in total. The molecule has 1 aliphatic rings. The Bertz CT molecular complexity index is 148. The second-order valence-corrected chi connectivity index (χ2v) is 3.04. The Morgan fingerprint density at radius 3 is 2.21 bits per heavy atom. The van der Waals surface area contributed by atoms with Crippen molar-refractivity contribution in [1.29, 1.82) is 0 Å². The van der Waals surface area contributed by atoms with Gasteiger partial charge in [-0.3, -0.25) is 0 Å². The quantitative estimate of drug-likeness (QED) is 0.320. The van der Waals surface area contributed by atoms with E-state index in [1.54, 1.807) is 0 Å². The maximum atomic E-state index is 9.39. The molecule has 78 valence electrons. The maximum absolute atomic E-state index is 9.39. The fourth-order valence-electron chi connectivity index (χ4n) is 1.35. The van der Waals surface area contributed by atoms with Crippen LogP contribution in [0.25, 0.3) is 0 Å². The van der Waals surface area contributed by atoms with Gasteiger partial charge >= 0.3 is 29.6 Å². The van der Waals surface area contributed by atoms with Crippen LogP contribution in [0, 0.1) is 6.92 Å². The zero-order valence-corrected chi connectivity index (χ0v) is 10.5. The minimum absolute atomic E-state index is 0. The molecule has 1 heterocycles. The molecule has 0 saturated carbocycles. The molecule has 5 atom stereocenters. The minimum atomic E-state index is -1.24. The Balaban J connectivity index is 0.00000169. The first-order chi connectivity index (χ1) is 6.11. The molecule has 2 unspecified atom stereocenters. The van der Waals surface area contributed by atoms with Crippen LogP contribution in [0.4, 0.5) is 0 Å². The first-order valence-corrected chi connectivity index (χ1v) is 4.13. The summed E-state index contributed by atoms with van der Waals surface area (Å²) in [5, 5.41) is 28.1. The van der Waals surface area contributed by atoms with Gasteiger partial charge < -0.3 is 31.7 Å². The van der Waals surface area contributed by atoms with Crippen molar-refractivity contribution >= 4 is 0 Å². The third-order valence-corrected chi connectivity index (χ3v) is 2.19. The fourth-order valence-corrected chi connectivity index (χ4v) is 1.35. The van der Waals surface area contributed by atoms with Gasteiger partial charge in [0.05, 0.1) is 6.10 Å². The van der Waals surface area contributed by atoms with Gasteiger partial charge in [0.25, 0.3) is 0 Å². The Morgan fingerprint density at radius 2 is 1.79 bits per heavy atom. The number of ether oxygens (including phenoxy) is 2. The first kappa shape index (κ1) is 14.8. The van der Waals surface area contributed by atoms with Gasteiger partial charge in [0.15, 0.2) is 6.29 Å². The van der Waals surface area contributed by atoms with Crippen molar-refractivity contribution in [1.82, 2.24) is 0 Å². The molecule has 0 spiro atoms. The molecule has 3 N–H and O–H groups in total. The van der Waals surface area contributed by atoms with Gasteiger partial charge in [-0.05, 0) is 0 Å². The van der Waals surface area contributed by atoms with Crippen molar-refractivity contribution in [2.45, 2.75) is 37.1 Å². The molecule has 1 aliphatic heterocycles. The van der Waals surface area contributed by atoms with E-state index < -0.39 is 30.7 Å². The molecule has 1 fully saturated rings. The van der Waals surface area contributed by atoms with Gasteiger partial charge in [0.2, 0.25) is 0 Å². The van der Waals surface area contributed by atoms with E-state index >= 15 is 0 Å². The van der Waals surface area contributed by atoms with E-state index in [-0.39, 0.29) is 29.6 Å². The van der Waals surface area contributed by atoms with Crippen LogP contribution in [0.15, 0.2) is 0 Å². The van der Waals surface area contributed by atoms with Crippen LogP contribution in [-0.2, 0) is 9.47 Å². The van der Waals surface area contributed by atoms with Crippen molar-refractivity contribution in [3.63, 3.8) is 0 Å². The van der Waals surface area contributed by atoms with E-state index in [1.807, 2.05) is 0 Å². The first-order valence-electron chi connectivity index (χ1n) is 4.13. The van der Waals surface area contributed by atoms with E-state index in [2.05, 4.69) is 6.92 Å². The topological polar surface area (TPSA) is 79.2 Å². The average Bonchev–Trinajstić information content (AvgIpc) is 2.15. The Labute approximate surface area is 105 Å². The minimum Gasteiger partial charge on any atom is -0.388 e. The monoisotopic (exact) mass is 214 g/mol. The predicted octanol–water partition coefficient (Wildman–Crippen LogP) is -4.33. The van der Waals surface area contributed by atoms with Crippen LogP contribution < -0.4 is 29.6 Å². The molecule has 0 aromatic heterocycles. The summed E-state index contributed by atoms with van der Waals surface area (Å²) in [5.74, 6) is 0. The number of rotatable bonds is 2. The molecule has 0 aliphatic carbocycles. The molecule has 0 aromatic carbocycles. The zero-order valence-electron chi connectivity index (χ0n) is 8.46. The average molecular weight is 214 g/mol. The standard InChI is InChI=1S/C8H15O5.Na/c1-3-4-5(9)6(10)7(11)8(12-2)13-4;/h4-11H,1,3H2,2H3;/q-1;+1/t4?,5-,6-,7?,8+;/m0./s1. The van der Waals surface area contributed by atoms with Crippen LogP contribution in [-0.4, -0.2) is 53.1 Å². The van der Waals surface area contributed by atoms with Crippen LogP contribution in [0.2, 0.25) is 0 Å². The summed E-state index contributed by atoms with van der Waals surface area (Å²) in [6.07, 6.45) is -4.76. The van der Waals surface area contributed by atoms with E-state index in [0.29, 0.717) is 6.42 Å². The smallest absolute Gasteiger partial charge is 0.388 e.